The maximum Gasteiger partial charge on any atom is 0.129 e. The monoisotopic (exact) mass is 310 g/mol. The summed E-state index contributed by atoms with van der Waals surface area (Å²) in [5, 5.41) is 0.569. The Labute approximate surface area is 128 Å². The molecule has 0 spiro atoms. The van der Waals surface area contributed by atoms with E-state index in [0.29, 0.717) is 11.1 Å². The molecule has 0 aromatic carbocycles. The number of thiophene rings is 1. The third kappa shape index (κ3) is 3.31. The van der Waals surface area contributed by atoms with Gasteiger partial charge in [-0.2, -0.15) is 0 Å². The summed E-state index contributed by atoms with van der Waals surface area (Å²) in [7, 11) is 0. The number of hydrogen-bond donors (Lipinski definition) is 0. The van der Waals surface area contributed by atoms with Gasteiger partial charge in [-0.1, -0.05) is 11.6 Å². The van der Waals surface area contributed by atoms with E-state index in [-0.39, 0.29) is 0 Å². The second-order valence-electron chi connectivity index (χ2n) is 5.28. The Morgan fingerprint density at radius 3 is 3.25 bits per heavy atom. The van der Waals surface area contributed by atoms with E-state index >= 15 is 0 Å². The van der Waals surface area contributed by atoms with Crippen molar-refractivity contribution in [1.82, 2.24) is 9.88 Å². The lowest BCUT2D eigenvalue weighted by atomic mass is 10.1. The van der Waals surface area contributed by atoms with Gasteiger partial charge in [-0.25, -0.2) is 4.98 Å². The van der Waals surface area contributed by atoms with Gasteiger partial charge in [-0.15, -0.1) is 11.3 Å². The first-order valence-corrected chi connectivity index (χ1v) is 8.29. The van der Waals surface area contributed by atoms with Crippen LogP contribution < -0.4 is 0 Å². The highest BCUT2D eigenvalue weighted by atomic mass is 35.5. The normalized spacial score (nSPS) is 20.0. The van der Waals surface area contributed by atoms with Gasteiger partial charge < -0.3 is 4.74 Å². The number of fused-ring (bicyclic) bond motifs is 1. The van der Waals surface area contributed by atoms with Crippen LogP contribution in [0.2, 0.25) is 5.15 Å². The molecule has 0 unspecified atom stereocenters. The van der Waals surface area contributed by atoms with Crippen molar-refractivity contribution in [3.63, 3.8) is 0 Å². The van der Waals surface area contributed by atoms with Gasteiger partial charge in [0.15, 0.2) is 0 Å². The Bertz CT molecular complexity index is 586. The van der Waals surface area contributed by atoms with Crippen molar-refractivity contribution in [1.29, 1.82) is 0 Å². The maximum atomic E-state index is 5.94. The van der Waals surface area contributed by atoms with Crippen molar-refractivity contribution >= 4 is 33.2 Å². The van der Waals surface area contributed by atoms with E-state index in [1.807, 2.05) is 17.4 Å². The van der Waals surface area contributed by atoms with E-state index in [1.54, 1.807) is 0 Å². The lowest BCUT2D eigenvalue weighted by Crippen LogP contribution is -2.21. The standard InChI is InChI=1S/C15H19ClN2OS/c1-2-19-10-11-5-6-18(8-11)9-12-7-13-14(20-12)3-4-15(16)17-13/h3-4,7,11H,2,5-6,8-10H2,1H3/t11-/m0/s1. The molecular weight excluding hydrogens is 292 g/mol. The summed E-state index contributed by atoms with van der Waals surface area (Å²) in [5.74, 6) is 0.692. The fraction of sp³-hybridized carbons (Fsp3) is 0.533. The first kappa shape index (κ1) is 14.3. The Hall–Kier alpha value is -0.680. The van der Waals surface area contributed by atoms with Crippen LogP contribution in [0, 0.1) is 5.92 Å². The third-order valence-electron chi connectivity index (χ3n) is 3.70. The van der Waals surface area contributed by atoms with Gasteiger partial charge >= 0.3 is 0 Å². The number of nitrogens with zero attached hydrogens (tertiary/aromatic N) is 2. The Morgan fingerprint density at radius 2 is 2.40 bits per heavy atom. The Kier molecular flexibility index (Phi) is 4.56. The molecular formula is C15H19ClN2OS. The van der Waals surface area contributed by atoms with Crippen LogP contribution >= 0.6 is 22.9 Å². The molecule has 0 aliphatic carbocycles. The molecule has 1 fully saturated rings. The van der Waals surface area contributed by atoms with E-state index in [0.717, 1.165) is 31.8 Å². The van der Waals surface area contributed by atoms with Gasteiger partial charge in [0.2, 0.25) is 0 Å². The first-order valence-electron chi connectivity index (χ1n) is 7.09. The average Bonchev–Trinajstić information content (AvgIpc) is 3.02. The van der Waals surface area contributed by atoms with Gasteiger partial charge in [0.1, 0.15) is 5.15 Å². The SMILES string of the molecule is CCOC[C@H]1CCN(Cc2cc3nc(Cl)ccc3s2)C1. The number of hydrogen-bond acceptors (Lipinski definition) is 4. The molecule has 0 N–H and O–H groups in total. The Balaban J connectivity index is 1.62. The summed E-state index contributed by atoms with van der Waals surface area (Å²) < 4.78 is 6.75. The molecule has 0 radical (unpaired) electrons. The van der Waals surface area contributed by atoms with Crippen molar-refractivity contribution in [2.24, 2.45) is 5.92 Å². The zero-order valence-corrected chi connectivity index (χ0v) is 13.2. The zero-order valence-electron chi connectivity index (χ0n) is 11.6. The van der Waals surface area contributed by atoms with Gasteiger partial charge in [-0.3, -0.25) is 4.90 Å². The van der Waals surface area contributed by atoms with Crippen molar-refractivity contribution in [3.8, 4) is 0 Å². The van der Waals surface area contributed by atoms with E-state index in [2.05, 4.69) is 28.9 Å². The van der Waals surface area contributed by atoms with Crippen molar-refractivity contribution in [2.75, 3.05) is 26.3 Å². The van der Waals surface area contributed by atoms with Crippen molar-refractivity contribution in [3.05, 3.63) is 28.2 Å². The minimum atomic E-state index is 0.569. The summed E-state index contributed by atoms with van der Waals surface area (Å²) in [6.07, 6.45) is 1.25. The van der Waals surface area contributed by atoms with Crippen LogP contribution in [0.15, 0.2) is 18.2 Å². The number of likely N-dealkylation sites (tertiary alicyclic amines) is 1. The van der Waals surface area contributed by atoms with E-state index < -0.39 is 0 Å². The number of aromatic nitrogens is 1. The van der Waals surface area contributed by atoms with E-state index in [4.69, 9.17) is 16.3 Å². The second-order valence-corrected chi connectivity index (χ2v) is 6.83. The quantitative estimate of drug-likeness (QED) is 0.785. The highest BCUT2D eigenvalue weighted by Gasteiger charge is 2.22. The summed E-state index contributed by atoms with van der Waals surface area (Å²) in [5.41, 5.74) is 1.02. The van der Waals surface area contributed by atoms with E-state index in [1.165, 1.54) is 22.5 Å². The highest BCUT2D eigenvalue weighted by Crippen LogP contribution is 2.28. The largest absolute Gasteiger partial charge is 0.381 e. The molecule has 5 heteroatoms. The number of pyridine rings is 1. The molecule has 0 amide bonds. The summed E-state index contributed by atoms with van der Waals surface area (Å²) >= 11 is 7.75. The summed E-state index contributed by atoms with van der Waals surface area (Å²) in [4.78, 5) is 8.24. The van der Waals surface area contributed by atoms with Gasteiger partial charge in [0.25, 0.3) is 0 Å². The Morgan fingerprint density at radius 1 is 1.50 bits per heavy atom. The predicted molar refractivity (Wildman–Crippen MR) is 84.5 cm³/mol. The van der Waals surface area contributed by atoms with Crippen LogP contribution in [-0.2, 0) is 11.3 Å². The molecule has 0 bridgehead atoms. The molecule has 1 aliphatic heterocycles. The van der Waals surface area contributed by atoms with Crippen molar-refractivity contribution < 1.29 is 4.74 Å². The minimum Gasteiger partial charge on any atom is -0.381 e. The lowest BCUT2D eigenvalue weighted by Gasteiger charge is -2.14. The predicted octanol–water partition coefficient (Wildman–Crippen LogP) is 3.81. The van der Waals surface area contributed by atoms with Gasteiger partial charge in [0, 0.05) is 24.6 Å². The lowest BCUT2D eigenvalue weighted by molar-refractivity contribution is 0.112. The molecule has 3 heterocycles. The van der Waals surface area contributed by atoms with Gasteiger partial charge in [0.05, 0.1) is 16.8 Å². The van der Waals surface area contributed by atoms with E-state index in [9.17, 15) is 0 Å². The molecule has 108 valence electrons. The molecule has 2 aromatic rings. The minimum absolute atomic E-state index is 0.569. The fourth-order valence-electron chi connectivity index (χ4n) is 2.73. The molecule has 20 heavy (non-hydrogen) atoms. The second kappa shape index (κ2) is 6.39. The molecule has 1 aliphatic rings. The zero-order chi connectivity index (χ0) is 13.9. The summed E-state index contributed by atoms with van der Waals surface area (Å²) in [6.45, 7) is 7.10. The summed E-state index contributed by atoms with van der Waals surface area (Å²) in [6, 6.07) is 6.08. The van der Waals surface area contributed by atoms with Crippen LogP contribution in [-0.4, -0.2) is 36.2 Å². The average molecular weight is 311 g/mol. The smallest absolute Gasteiger partial charge is 0.129 e. The van der Waals surface area contributed by atoms with Crippen LogP contribution in [0.5, 0.6) is 0 Å². The topological polar surface area (TPSA) is 25.4 Å². The maximum absolute atomic E-state index is 5.94. The van der Waals surface area contributed by atoms with Crippen LogP contribution in [0.25, 0.3) is 10.2 Å². The number of halogens is 1. The molecule has 3 rings (SSSR count). The van der Waals surface area contributed by atoms with Gasteiger partial charge in [-0.05, 0) is 44.0 Å². The first-order chi connectivity index (χ1) is 9.74. The molecule has 1 saturated heterocycles. The molecule has 1 atom stereocenters. The highest BCUT2D eigenvalue weighted by molar-refractivity contribution is 7.19. The van der Waals surface area contributed by atoms with Crippen molar-refractivity contribution in [2.45, 2.75) is 19.9 Å². The van der Waals surface area contributed by atoms with Crippen LogP contribution in [0.4, 0.5) is 0 Å². The molecule has 3 nitrogen and oxygen atoms in total. The molecule has 2 aromatic heterocycles. The fourth-order valence-corrected chi connectivity index (χ4v) is 3.92. The third-order valence-corrected chi connectivity index (χ3v) is 4.98. The van der Waals surface area contributed by atoms with Crippen LogP contribution in [0.1, 0.15) is 18.2 Å². The van der Waals surface area contributed by atoms with Crippen LogP contribution in [0.3, 0.4) is 0 Å². The molecule has 0 saturated carbocycles. The number of rotatable bonds is 5. The number of ether oxygens (including phenoxy) is 1.